The zero-order valence-electron chi connectivity index (χ0n) is 15.7. The second-order valence-electron chi connectivity index (χ2n) is 7.63. The lowest BCUT2D eigenvalue weighted by atomic mass is 9.78. The third-order valence-corrected chi connectivity index (χ3v) is 6.95. The Hall–Kier alpha value is -1.60. The number of carbonyl (C=O) groups excluding carboxylic acids is 1. The van der Waals surface area contributed by atoms with Crippen LogP contribution in [0.3, 0.4) is 0 Å². The average Bonchev–Trinajstić information content (AvgIpc) is 3.27. The van der Waals surface area contributed by atoms with Gasteiger partial charge in [0.2, 0.25) is 0 Å². The van der Waals surface area contributed by atoms with Crippen LogP contribution in [0.2, 0.25) is 4.34 Å². The minimum Gasteiger partial charge on any atom is -0.488 e. The van der Waals surface area contributed by atoms with Gasteiger partial charge in [-0.1, -0.05) is 11.6 Å². The number of hydrogen-bond donors (Lipinski definition) is 1. The van der Waals surface area contributed by atoms with Gasteiger partial charge in [0.05, 0.1) is 23.1 Å². The molecule has 4 atom stereocenters. The molecule has 4 rings (SSSR count). The summed E-state index contributed by atoms with van der Waals surface area (Å²) in [5.41, 5.74) is 0.485. The molecular formula is C21H24ClNO4S. The zero-order chi connectivity index (χ0) is 19.7. The molecule has 0 radical (unpaired) electrons. The lowest BCUT2D eigenvalue weighted by molar-refractivity contribution is -0.0231. The topological polar surface area (TPSA) is 59.0 Å². The van der Waals surface area contributed by atoms with E-state index in [4.69, 9.17) is 21.1 Å². The van der Waals surface area contributed by atoms with E-state index in [0.717, 1.165) is 36.8 Å². The Morgan fingerprint density at radius 3 is 2.54 bits per heavy atom. The SMILES string of the molecule is COC(=O)c1ccc(O[C@H]2C[C@@H]3CN(Cc4ccc(Cl)s4)C[C@@H]3C[C@@H]2O)cc1. The first-order valence-corrected chi connectivity index (χ1v) is 10.7. The number of carbonyl (C=O) groups is 1. The van der Waals surface area contributed by atoms with Gasteiger partial charge in [-0.2, -0.15) is 0 Å². The summed E-state index contributed by atoms with van der Waals surface area (Å²) in [7, 11) is 1.36. The Kier molecular flexibility index (Phi) is 5.92. The molecule has 1 aromatic carbocycles. The van der Waals surface area contributed by atoms with E-state index in [0.29, 0.717) is 23.1 Å². The highest BCUT2D eigenvalue weighted by Gasteiger charge is 2.42. The molecule has 150 valence electrons. The number of fused-ring (bicyclic) bond motifs is 1. The third-order valence-electron chi connectivity index (χ3n) is 5.73. The second-order valence-corrected chi connectivity index (χ2v) is 9.43. The number of thiophene rings is 1. The number of ether oxygens (including phenoxy) is 2. The highest BCUT2D eigenvalue weighted by atomic mass is 35.5. The van der Waals surface area contributed by atoms with Gasteiger partial charge >= 0.3 is 5.97 Å². The molecule has 5 nitrogen and oxygen atoms in total. The van der Waals surface area contributed by atoms with E-state index < -0.39 is 6.10 Å². The summed E-state index contributed by atoms with van der Waals surface area (Å²) < 4.78 is 11.6. The fourth-order valence-corrected chi connectivity index (χ4v) is 5.49. The molecule has 2 heterocycles. The van der Waals surface area contributed by atoms with Crippen molar-refractivity contribution in [3.63, 3.8) is 0 Å². The lowest BCUT2D eigenvalue weighted by Gasteiger charge is -2.35. The minimum absolute atomic E-state index is 0.221. The summed E-state index contributed by atoms with van der Waals surface area (Å²) in [5, 5.41) is 10.6. The van der Waals surface area contributed by atoms with Gasteiger partial charge in [0.25, 0.3) is 0 Å². The number of hydrogen-bond acceptors (Lipinski definition) is 6. The summed E-state index contributed by atoms with van der Waals surface area (Å²) in [5.74, 6) is 1.33. The van der Waals surface area contributed by atoms with Gasteiger partial charge in [0.1, 0.15) is 11.9 Å². The number of halogens is 1. The van der Waals surface area contributed by atoms with Gasteiger partial charge in [0, 0.05) is 24.5 Å². The van der Waals surface area contributed by atoms with Crippen LogP contribution >= 0.6 is 22.9 Å². The molecule has 7 heteroatoms. The van der Waals surface area contributed by atoms with Crippen LogP contribution in [0.4, 0.5) is 0 Å². The van der Waals surface area contributed by atoms with E-state index in [9.17, 15) is 9.90 Å². The Morgan fingerprint density at radius 1 is 1.18 bits per heavy atom. The lowest BCUT2D eigenvalue weighted by Crippen LogP contribution is -2.42. The number of likely N-dealkylation sites (tertiary alicyclic amines) is 1. The summed E-state index contributed by atoms with van der Waals surface area (Å²) in [4.78, 5) is 15.3. The molecule has 1 saturated heterocycles. The molecule has 0 unspecified atom stereocenters. The Bertz CT molecular complexity index is 824. The molecule has 2 aromatic rings. The molecule has 28 heavy (non-hydrogen) atoms. The van der Waals surface area contributed by atoms with Gasteiger partial charge in [0.15, 0.2) is 0 Å². The van der Waals surface area contributed by atoms with Gasteiger partial charge in [-0.15, -0.1) is 11.3 Å². The number of esters is 1. The number of rotatable bonds is 5. The first kappa shape index (κ1) is 19.7. The molecule has 0 spiro atoms. The standard InChI is InChI=1S/C21H24ClNO4S/c1-26-21(25)13-2-4-16(5-3-13)27-19-9-15-11-23(10-14(15)8-18(19)24)12-17-6-7-20(22)28-17/h2-7,14-15,18-19,24H,8-12H2,1H3/t14-,15+,18-,19-/m0/s1. The first-order valence-electron chi connectivity index (χ1n) is 9.51. The number of nitrogens with zero attached hydrogens (tertiary/aromatic N) is 1. The monoisotopic (exact) mass is 421 g/mol. The quantitative estimate of drug-likeness (QED) is 0.743. The van der Waals surface area contributed by atoms with Gasteiger partial charge < -0.3 is 14.6 Å². The highest BCUT2D eigenvalue weighted by molar-refractivity contribution is 7.16. The number of aliphatic hydroxyl groups excluding tert-OH is 1. The number of benzene rings is 1. The van der Waals surface area contributed by atoms with Crippen LogP contribution in [0.5, 0.6) is 5.75 Å². The second kappa shape index (κ2) is 8.41. The maximum absolute atomic E-state index is 11.5. The molecule has 0 amide bonds. The molecule has 1 aliphatic carbocycles. The first-order chi connectivity index (χ1) is 13.5. The molecule has 1 saturated carbocycles. The van der Waals surface area contributed by atoms with Crippen LogP contribution < -0.4 is 4.74 Å². The summed E-state index contributed by atoms with van der Waals surface area (Å²) in [6.07, 6.45) is 0.905. The Labute approximate surface area is 173 Å². The summed E-state index contributed by atoms with van der Waals surface area (Å²) >= 11 is 7.68. The van der Waals surface area contributed by atoms with Crippen molar-refractivity contribution in [2.45, 2.75) is 31.6 Å². The van der Waals surface area contributed by atoms with Crippen LogP contribution in [-0.4, -0.2) is 48.4 Å². The van der Waals surface area contributed by atoms with E-state index in [2.05, 4.69) is 11.0 Å². The van der Waals surface area contributed by atoms with Crippen LogP contribution in [0.25, 0.3) is 0 Å². The van der Waals surface area contributed by atoms with Crippen molar-refractivity contribution in [1.82, 2.24) is 4.90 Å². The third kappa shape index (κ3) is 4.35. The largest absolute Gasteiger partial charge is 0.488 e. The van der Waals surface area contributed by atoms with E-state index in [1.54, 1.807) is 35.6 Å². The molecule has 1 aliphatic heterocycles. The van der Waals surface area contributed by atoms with Gasteiger partial charge in [-0.3, -0.25) is 4.90 Å². The van der Waals surface area contributed by atoms with Crippen molar-refractivity contribution in [1.29, 1.82) is 0 Å². The summed E-state index contributed by atoms with van der Waals surface area (Å²) in [6.45, 7) is 2.95. The number of methoxy groups -OCH3 is 1. The van der Waals surface area contributed by atoms with Crippen molar-refractivity contribution >= 4 is 28.9 Å². The molecule has 1 aromatic heterocycles. The molecule has 1 N–H and O–H groups in total. The molecule has 2 fully saturated rings. The maximum Gasteiger partial charge on any atom is 0.337 e. The van der Waals surface area contributed by atoms with Crippen molar-refractivity contribution in [3.05, 3.63) is 51.2 Å². The normalized spacial score (nSPS) is 27.4. The molecule has 2 aliphatic rings. The Balaban J connectivity index is 1.35. The van der Waals surface area contributed by atoms with E-state index in [1.807, 2.05) is 6.07 Å². The van der Waals surface area contributed by atoms with Crippen molar-refractivity contribution < 1.29 is 19.4 Å². The van der Waals surface area contributed by atoms with Gasteiger partial charge in [-0.05, 0) is 61.1 Å². The highest BCUT2D eigenvalue weighted by Crippen LogP contribution is 2.39. The van der Waals surface area contributed by atoms with Gasteiger partial charge in [-0.25, -0.2) is 4.79 Å². The maximum atomic E-state index is 11.5. The van der Waals surface area contributed by atoms with E-state index in [1.165, 1.54) is 12.0 Å². The smallest absolute Gasteiger partial charge is 0.337 e. The fourth-order valence-electron chi connectivity index (χ4n) is 4.36. The molecule has 0 bridgehead atoms. The predicted molar refractivity (Wildman–Crippen MR) is 109 cm³/mol. The van der Waals surface area contributed by atoms with Crippen molar-refractivity contribution in [2.24, 2.45) is 11.8 Å². The Morgan fingerprint density at radius 2 is 1.89 bits per heavy atom. The predicted octanol–water partition coefficient (Wildman–Crippen LogP) is 3.84. The van der Waals surface area contributed by atoms with E-state index >= 15 is 0 Å². The van der Waals surface area contributed by atoms with Crippen LogP contribution in [0, 0.1) is 11.8 Å². The average molecular weight is 422 g/mol. The minimum atomic E-state index is -0.474. The number of aliphatic hydroxyl groups is 1. The summed E-state index contributed by atoms with van der Waals surface area (Å²) in [6, 6.07) is 10.9. The van der Waals surface area contributed by atoms with Crippen LogP contribution in [0.1, 0.15) is 28.1 Å². The van der Waals surface area contributed by atoms with Crippen molar-refractivity contribution in [2.75, 3.05) is 20.2 Å². The molecular weight excluding hydrogens is 398 g/mol. The zero-order valence-corrected chi connectivity index (χ0v) is 17.3. The van der Waals surface area contributed by atoms with E-state index in [-0.39, 0.29) is 12.1 Å². The van der Waals surface area contributed by atoms with Crippen LogP contribution in [-0.2, 0) is 11.3 Å². The van der Waals surface area contributed by atoms with Crippen molar-refractivity contribution in [3.8, 4) is 5.75 Å². The van der Waals surface area contributed by atoms with Crippen LogP contribution in [0.15, 0.2) is 36.4 Å². The fraction of sp³-hybridized carbons (Fsp3) is 0.476.